The standard InChI is InChI=1S/C20H23N3O4/c1-13-5-4-6-15(9-13)22-19(25)21-11-18(24)23-20(2,3)14-7-8-16-17(10-14)27-12-26-16/h4-10H,11-12H2,1-3H3,(H,23,24)(H2,21,22,25). The number of urea groups is 1. The second-order valence-corrected chi connectivity index (χ2v) is 6.92. The van der Waals surface area contributed by atoms with Crippen molar-refractivity contribution in [1.82, 2.24) is 10.6 Å². The number of fused-ring (bicyclic) bond motifs is 1. The molecule has 1 aliphatic rings. The summed E-state index contributed by atoms with van der Waals surface area (Å²) in [5.41, 5.74) is 1.96. The van der Waals surface area contributed by atoms with Gasteiger partial charge >= 0.3 is 6.03 Å². The molecule has 3 amide bonds. The molecule has 3 N–H and O–H groups in total. The Kier molecular flexibility index (Phi) is 5.21. The van der Waals surface area contributed by atoms with E-state index in [9.17, 15) is 9.59 Å². The van der Waals surface area contributed by atoms with Gasteiger partial charge in [-0.1, -0.05) is 18.2 Å². The van der Waals surface area contributed by atoms with Crippen molar-refractivity contribution in [3.63, 3.8) is 0 Å². The molecule has 0 unspecified atom stereocenters. The summed E-state index contributed by atoms with van der Waals surface area (Å²) >= 11 is 0. The fraction of sp³-hybridized carbons (Fsp3) is 0.300. The van der Waals surface area contributed by atoms with E-state index in [-0.39, 0.29) is 19.2 Å². The molecule has 2 aromatic carbocycles. The van der Waals surface area contributed by atoms with Crippen LogP contribution < -0.4 is 25.4 Å². The van der Waals surface area contributed by atoms with E-state index in [2.05, 4.69) is 16.0 Å². The molecule has 0 saturated carbocycles. The number of benzene rings is 2. The maximum Gasteiger partial charge on any atom is 0.319 e. The van der Waals surface area contributed by atoms with E-state index in [1.807, 2.05) is 57.2 Å². The molecule has 0 aromatic heterocycles. The number of hydrogen-bond donors (Lipinski definition) is 3. The van der Waals surface area contributed by atoms with Crippen molar-refractivity contribution in [1.29, 1.82) is 0 Å². The van der Waals surface area contributed by atoms with Gasteiger partial charge in [0.2, 0.25) is 12.7 Å². The third-order valence-electron chi connectivity index (χ3n) is 4.23. The third-order valence-corrected chi connectivity index (χ3v) is 4.23. The molecule has 1 heterocycles. The molecular weight excluding hydrogens is 346 g/mol. The topological polar surface area (TPSA) is 88.7 Å². The minimum absolute atomic E-state index is 0.133. The van der Waals surface area contributed by atoms with Gasteiger partial charge in [-0.3, -0.25) is 4.79 Å². The molecular formula is C20H23N3O4. The highest BCUT2D eigenvalue weighted by Gasteiger charge is 2.25. The molecule has 0 spiro atoms. The van der Waals surface area contributed by atoms with Crippen LogP contribution in [0.3, 0.4) is 0 Å². The molecule has 0 saturated heterocycles. The van der Waals surface area contributed by atoms with Crippen LogP contribution in [0.25, 0.3) is 0 Å². The fourth-order valence-corrected chi connectivity index (χ4v) is 2.81. The average Bonchev–Trinajstić information content (AvgIpc) is 3.07. The van der Waals surface area contributed by atoms with Crippen molar-refractivity contribution in [2.24, 2.45) is 0 Å². The number of hydrogen-bond acceptors (Lipinski definition) is 4. The van der Waals surface area contributed by atoms with Gasteiger partial charge in [0.25, 0.3) is 0 Å². The summed E-state index contributed by atoms with van der Waals surface area (Å²) in [7, 11) is 0. The van der Waals surface area contributed by atoms with Gasteiger partial charge in [0.05, 0.1) is 12.1 Å². The molecule has 7 nitrogen and oxygen atoms in total. The lowest BCUT2D eigenvalue weighted by Gasteiger charge is -2.27. The average molecular weight is 369 g/mol. The van der Waals surface area contributed by atoms with Gasteiger partial charge in [0.15, 0.2) is 11.5 Å². The van der Waals surface area contributed by atoms with E-state index < -0.39 is 11.6 Å². The molecule has 0 radical (unpaired) electrons. The van der Waals surface area contributed by atoms with E-state index in [0.717, 1.165) is 11.1 Å². The predicted molar refractivity (Wildman–Crippen MR) is 102 cm³/mol. The second-order valence-electron chi connectivity index (χ2n) is 6.92. The van der Waals surface area contributed by atoms with E-state index in [1.165, 1.54) is 0 Å². The van der Waals surface area contributed by atoms with E-state index in [4.69, 9.17) is 9.47 Å². The number of ether oxygens (including phenoxy) is 2. The monoisotopic (exact) mass is 369 g/mol. The summed E-state index contributed by atoms with van der Waals surface area (Å²) in [6, 6.07) is 12.5. The lowest BCUT2D eigenvalue weighted by molar-refractivity contribution is -0.121. The maximum absolute atomic E-state index is 12.3. The Morgan fingerprint density at radius 3 is 2.63 bits per heavy atom. The van der Waals surface area contributed by atoms with E-state index in [0.29, 0.717) is 17.2 Å². The first-order chi connectivity index (χ1) is 12.8. The number of nitrogens with one attached hydrogen (secondary N) is 3. The van der Waals surface area contributed by atoms with Gasteiger partial charge in [0.1, 0.15) is 0 Å². The van der Waals surface area contributed by atoms with E-state index >= 15 is 0 Å². The molecule has 27 heavy (non-hydrogen) atoms. The molecule has 2 aromatic rings. The van der Waals surface area contributed by atoms with Crippen molar-refractivity contribution < 1.29 is 19.1 Å². The van der Waals surface area contributed by atoms with Crippen LogP contribution in [0.4, 0.5) is 10.5 Å². The van der Waals surface area contributed by atoms with Crippen LogP contribution in [0, 0.1) is 6.92 Å². The highest BCUT2D eigenvalue weighted by atomic mass is 16.7. The Morgan fingerprint density at radius 1 is 1.07 bits per heavy atom. The Bertz CT molecular complexity index is 864. The largest absolute Gasteiger partial charge is 0.454 e. The minimum atomic E-state index is -0.632. The molecule has 3 rings (SSSR count). The van der Waals surface area contributed by atoms with Crippen LogP contribution in [0.1, 0.15) is 25.0 Å². The van der Waals surface area contributed by atoms with Gasteiger partial charge in [-0.05, 0) is 56.2 Å². The van der Waals surface area contributed by atoms with Crippen LogP contribution in [-0.2, 0) is 10.3 Å². The lowest BCUT2D eigenvalue weighted by Crippen LogP contribution is -2.46. The van der Waals surface area contributed by atoms with Gasteiger partial charge in [0, 0.05) is 5.69 Å². The smallest absolute Gasteiger partial charge is 0.319 e. The summed E-state index contributed by atoms with van der Waals surface area (Å²) < 4.78 is 10.7. The molecule has 0 atom stereocenters. The molecule has 0 bridgehead atoms. The van der Waals surface area contributed by atoms with Crippen LogP contribution in [0.5, 0.6) is 11.5 Å². The highest BCUT2D eigenvalue weighted by Crippen LogP contribution is 2.35. The summed E-state index contributed by atoms with van der Waals surface area (Å²) in [6.45, 7) is 5.77. The van der Waals surface area contributed by atoms with Crippen LogP contribution in [0.15, 0.2) is 42.5 Å². The summed E-state index contributed by atoms with van der Waals surface area (Å²) in [5, 5.41) is 8.17. The fourth-order valence-electron chi connectivity index (χ4n) is 2.81. The molecule has 1 aliphatic heterocycles. The Labute approximate surface area is 158 Å². The van der Waals surface area contributed by atoms with Gasteiger partial charge in [-0.15, -0.1) is 0 Å². The second kappa shape index (κ2) is 7.57. The number of rotatable bonds is 5. The molecule has 142 valence electrons. The quantitative estimate of drug-likeness (QED) is 0.756. The van der Waals surface area contributed by atoms with Crippen LogP contribution in [0.2, 0.25) is 0 Å². The minimum Gasteiger partial charge on any atom is -0.454 e. The lowest BCUT2D eigenvalue weighted by atomic mass is 9.94. The van der Waals surface area contributed by atoms with Crippen molar-refractivity contribution in [2.75, 3.05) is 18.7 Å². The zero-order valence-corrected chi connectivity index (χ0v) is 15.6. The molecule has 7 heteroatoms. The number of carbonyl (C=O) groups is 2. The normalized spacial score (nSPS) is 12.4. The van der Waals surface area contributed by atoms with E-state index in [1.54, 1.807) is 6.07 Å². The van der Waals surface area contributed by atoms with Gasteiger partial charge in [-0.25, -0.2) is 4.79 Å². The van der Waals surface area contributed by atoms with Crippen molar-refractivity contribution in [3.05, 3.63) is 53.6 Å². The van der Waals surface area contributed by atoms with Gasteiger partial charge in [-0.2, -0.15) is 0 Å². The first-order valence-corrected chi connectivity index (χ1v) is 8.66. The molecule has 0 fully saturated rings. The van der Waals surface area contributed by atoms with Crippen molar-refractivity contribution in [2.45, 2.75) is 26.3 Å². The zero-order chi connectivity index (χ0) is 19.4. The Morgan fingerprint density at radius 2 is 1.85 bits per heavy atom. The molecule has 0 aliphatic carbocycles. The zero-order valence-electron chi connectivity index (χ0n) is 15.6. The van der Waals surface area contributed by atoms with Crippen LogP contribution >= 0.6 is 0 Å². The summed E-state index contributed by atoms with van der Waals surface area (Å²) in [4.78, 5) is 24.2. The number of anilines is 1. The predicted octanol–water partition coefficient (Wildman–Crippen LogP) is 2.90. The summed E-state index contributed by atoms with van der Waals surface area (Å²) in [6.07, 6.45) is 0. The number of carbonyl (C=O) groups excluding carboxylic acids is 2. The number of amides is 3. The Hall–Kier alpha value is -3.22. The first kappa shape index (κ1) is 18.6. The number of aryl methyl sites for hydroxylation is 1. The first-order valence-electron chi connectivity index (χ1n) is 8.66. The van der Waals surface area contributed by atoms with Crippen molar-refractivity contribution in [3.8, 4) is 11.5 Å². The highest BCUT2D eigenvalue weighted by molar-refractivity contribution is 5.92. The third kappa shape index (κ3) is 4.69. The van der Waals surface area contributed by atoms with Crippen LogP contribution in [-0.4, -0.2) is 25.3 Å². The van der Waals surface area contributed by atoms with Crippen molar-refractivity contribution >= 4 is 17.6 Å². The SMILES string of the molecule is Cc1cccc(NC(=O)NCC(=O)NC(C)(C)c2ccc3c(c2)OCO3)c1. The van der Waals surface area contributed by atoms with Gasteiger partial charge < -0.3 is 25.4 Å². The maximum atomic E-state index is 12.3. The Balaban J connectivity index is 1.53. The summed E-state index contributed by atoms with van der Waals surface area (Å²) in [5.74, 6) is 1.05.